The number of hydrogen-bond acceptors (Lipinski definition) is 5. The zero-order chi connectivity index (χ0) is 24.6. The van der Waals surface area contributed by atoms with E-state index in [-0.39, 0.29) is 23.4 Å². The third kappa shape index (κ3) is 7.79. The molecule has 0 fully saturated rings. The number of rotatable bonds is 8. The number of oxime groups is 1. The fourth-order valence-corrected chi connectivity index (χ4v) is 2.57. The second kappa shape index (κ2) is 11.3. The van der Waals surface area contributed by atoms with E-state index in [2.05, 4.69) is 20.3 Å². The Bertz CT molecular complexity index is 1060. The van der Waals surface area contributed by atoms with E-state index >= 15 is 0 Å². The monoisotopic (exact) mass is 469 g/mol. The molecule has 2 rings (SSSR count). The number of carbonyl (C=O) groups excluding carboxylic acids is 1. The number of nitrogens with one attached hydrogen (secondary N) is 1. The van der Waals surface area contributed by atoms with Gasteiger partial charge in [-0.3, -0.25) is 9.78 Å². The van der Waals surface area contributed by atoms with Gasteiger partial charge >= 0.3 is 6.18 Å². The van der Waals surface area contributed by atoms with Gasteiger partial charge in [-0.05, 0) is 48.9 Å². The summed E-state index contributed by atoms with van der Waals surface area (Å²) in [5.41, 5.74) is -0.0485. The zero-order valence-electron chi connectivity index (χ0n) is 17.5. The van der Waals surface area contributed by atoms with Crippen LogP contribution in [0.2, 0.25) is 0 Å². The molecule has 1 heterocycles. The van der Waals surface area contributed by atoms with Gasteiger partial charge in [-0.15, -0.1) is 0 Å². The number of alkyl halides is 3. The minimum absolute atomic E-state index is 0.0415. The Labute approximate surface area is 186 Å². The third-order valence-corrected chi connectivity index (χ3v) is 4.20. The maximum absolute atomic E-state index is 13.4. The standard InChI is InChI=1S/C22H20F5N3O3/c1-13(3-4-18(24)12-30-33-2)10-29-21(32)16-8-14(19-6-5-17(23)11-28-19)7-15(9-16)20(31)22(25,26)27/h3-9,11-12,20,31H,10H2,1-2H3,(H,29,32)/b13-3+,18-4+,30-12+. The van der Waals surface area contributed by atoms with Crippen LogP contribution in [0.3, 0.4) is 0 Å². The molecule has 33 heavy (non-hydrogen) atoms. The molecule has 0 bridgehead atoms. The highest BCUT2D eigenvalue weighted by atomic mass is 19.4. The quantitative estimate of drug-likeness (QED) is 0.255. The molecule has 1 aromatic carbocycles. The summed E-state index contributed by atoms with van der Waals surface area (Å²) in [5.74, 6) is -2.09. The highest BCUT2D eigenvalue weighted by Gasteiger charge is 2.39. The van der Waals surface area contributed by atoms with Crippen molar-refractivity contribution in [2.24, 2.45) is 5.16 Å². The van der Waals surface area contributed by atoms with E-state index in [1.165, 1.54) is 25.3 Å². The van der Waals surface area contributed by atoms with Gasteiger partial charge in [-0.25, -0.2) is 8.78 Å². The number of aliphatic hydroxyl groups is 1. The van der Waals surface area contributed by atoms with E-state index in [1.54, 1.807) is 6.92 Å². The smallest absolute Gasteiger partial charge is 0.399 e. The molecule has 0 aliphatic carbocycles. The Kier molecular flexibility index (Phi) is 8.80. The summed E-state index contributed by atoms with van der Waals surface area (Å²) in [6, 6.07) is 5.49. The van der Waals surface area contributed by atoms with Gasteiger partial charge in [0.05, 0.1) is 11.9 Å². The summed E-state index contributed by atoms with van der Waals surface area (Å²) in [4.78, 5) is 20.7. The van der Waals surface area contributed by atoms with Gasteiger partial charge in [0, 0.05) is 17.7 Å². The number of aromatic nitrogens is 1. The van der Waals surface area contributed by atoms with Crippen molar-refractivity contribution >= 4 is 12.1 Å². The topological polar surface area (TPSA) is 83.8 Å². The van der Waals surface area contributed by atoms with Crippen molar-refractivity contribution in [3.05, 3.63) is 77.0 Å². The summed E-state index contributed by atoms with van der Waals surface area (Å²) < 4.78 is 65.8. The molecule has 6 nitrogen and oxygen atoms in total. The third-order valence-electron chi connectivity index (χ3n) is 4.20. The average Bonchev–Trinajstić information content (AvgIpc) is 2.78. The van der Waals surface area contributed by atoms with Crippen LogP contribution in [-0.2, 0) is 4.84 Å². The molecule has 2 N–H and O–H groups in total. The molecular weight excluding hydrogens is 449 g/mol. The molecule has 11 heteroatoms. The number of hydrogen-bond donors (Lipinski definition) is 2. The van der Waals surface area contributed by atoms with Gasteiger partial charge in [-0.2, -0.15) is 13.2 Å². The number of carbonyl (C=O) groups is 1. The predicted octanol–water partition coefficient (Wildman–Crippen LogP) is 4.65. The maximum atomic E-state index is 13.4. The lowest BCUT2D eigenvalue weighted by Crippen LogP contribution is -2.26. The molecule has 176 valence electrons. The number of halogens is 5. The Morgan fingerprint density at radius 1 is 1.27 bits per heavy atom. The molecule has 2 aromatic rings. The maximum Gasteiger partial charge on any atom is 0.418 e. The van der Waals surface area contributed by atoms with Crippen LogP contribution < -0.4 is 5.32 Å². The summed E-state index contributed by atoms with van der Waals surface area (Å²) in [6.07, 6.45) is -3.64. The largest absolute Gasteiger partial charge is 0.418 e. The number of allylic oxidation sites excluding steroid dienone is 3. The summed E-state index contributed by atoms with van der Waals surface area (Å²) in [6.45, 7) is 1.55. The van der Waals surface area contributed by atoms with Crippen LogP contribution in [-0.4, -0.2) is 42.0 Å². The van der Waals surface area contributed by atoms with Crippen LogP contribution >= 0.6 is 0 Å². The van der Waals surface area contributed by atoms with E-state index in [1.807, 2.05) is 0 Å². The summed E-state index contributed by atoms with van der Waals surface area (Å²) in [7, 11) is 1.25. The van der Waals surface area contributed by atoms with E-state index in [0.29, 0.717) is 5.57 Å². The van der Waals surface area contributed by atoms with E-state index in [4.69, 9.17) is 0 Å². The number of amides is 1. The molecule has 0 radical (unpaired) electrons. The fourth-order valence-electron chi connectivity index (χ4n) is 2.57. The highest BCUT2D eigenvalue weighted by Crippen LogP contribution is 2.34. The lowest BCUT2D eigenvalue weighted by molar-refractivity contribution is -0.206. The molecule has 1 aromatic heterocycles. The first-order valence-electron chi connectivity index (χ1n) is 9.40. The molecule has 0 aliphatic heterocycles. The molecule has 0 spiro atoms. The SMILES string of the molecule is CO/N=C/C(F)=C\C=C(/C)CNC(=O)c1cc(-c2ccc(F)cn2)cc(C(O)C(F)(F)F)c1. The Morgan fingerprint density at radius 2 is 2.00 bits per heavy atom. The van der Waals surface area contributed by atoms with Crippen LogP contribution in [0.25, 0.3) is 11.3 Å². The van der Waals surface area contributed by atoms with Crippen molar-refractivity contribution in [1.29, 1.82) is 0 Å². The Balaban J connectivity index is 2.30. The predicted molar refractivity (Wildman–Crippen MR) is 111 cm³/mol. The van der Waals surface area contributed by atoms with Crippen molar-refractivity contribution < 1.29 is 36.7 Å². The number of nitrogens with zero attached hydrogens (tertiary/aromatic N) is 2. The molecule has 1 amide bonds. The molecule has 1 unspecified atom stereocenters. The van der Waals surface area contributed by atoms with Crippen molar-refractivity contribution in [1.82, 2.24) is 10.3 Å². The van der Waals surface area contributed by atoms with E-state index < -0.39 is 35.4 Å². The number of benzene rings is 1. The summed E-state index contributed by atoms with van der Waals surface area (Å²) in [5, 5.41) is 15.4. The second-order valence-electron chi connectivity index (χ2n) is 6.81. The Morgan fingerprint density at radius 3 is 2.61 bits per heavy atom. The van der Waals surface area contributed by atoms with Gasteiger partial charge in [0.2, 0.25) is 0 Å². The van der Waals surface area contributed by atoms with E-state index in [9.17, 15) is 31.9 Å². The Hall–Kier alpha value is -3.60. The minimum atomic E-state index is -4.97. The summed E-state index contributed by atoms with van der Waals surface area (Å²) >= 11 is 0. The van der Waals surface area contributed by atoms with Gasteiger partial charge in [0.25, 0.3) is 5.91 Å². The second-order valence-corrected chi connectivity index (χ2v) is 6.81. The fraction of sp³-hybridized carbons (Fsp3) is 0.227. The lowest BCUT2D eigenvalue weighted by Gasteiger charge is -2.17. The lowest BCUT2D eigenvalue weighted by atomic mass is 9.99. The molecule has 0 aliphatic rings. The van der Waals surface area contributed by atoms with Crippen LogP contribution in [0.4, 0.5) is 22.0 Å². The average molecular weight is 469 g/mol. The first kappa shape index (κ1) is 25.7. The minimum Gasteiger partial charge on any atom is -0.399 e. The van der Waals surface area contributed by atoms with Crippen molar-refractivity contribution in [3.63, 3.8) is 0 Å². The van der Waals surface area contributed by atoms with Crippen molar-refractivity contribution in [3.8, 4) is 11.3 Å². The van der Waals surface area contributed by atoms with Crippen LogP contribution in [0.15, 0.2) is 65.2 Å². The van der Waals surface area contributed by atoms with Crippen molar-refractivity contribution in [2.75, 3.05) is 13.7 Å². The zero-order valence-corrected chi connectivity index (χ0v) is 17.5. The normalized spacial score (nSPS) is 13.8. The van der Waals surface area contributed by atoms with Crippen LogP contribution in [0.5, 0.6) is 0 Å². The number of pyridine rings is 1. The van der Waals surface area contributed by atoms with Gasteiger partial charge in [-0.1, -0.05) is 16.8 Å². The van der Waals surface area contributed by atoms with Crippen molar-refractivity contribution in [2.45, 2.75) is 19.2 Å². The van der Waals surface area contributed by atoms with E-state index in [0.717, 1.165) is 36.7 Å². The van der Waals surface area contributed by atoms with Crippen LogP contribution in [0.1, 0.15) is 28.9 Å². The van der Waals surface area contributed by atoms with Gasteiger partial charge < -0.3 is 15.3 Å². The van der Waals surface area contributed by atoms with Crippen LogP contribution in [0, 0.1) is 5.82 Å². The molecular formula is C22H20F5N3O3. The first-order chi connectivity index (χ1) is 15.5. The highest BCUT2D eigenvalue weighted by molar-refractivity contribution is 5.95. The van der Waals surface area contributed by atoms with Gasteiger partial charge in [0.1, 0.15) is 25.0 Å². The number of aliphatic hydroxyl groups excluding tert-OH is 1. The molecule has 0 saturated heterocycles. The molecule has 1 atom stereocenters. The first-order valence-corrected chi connectivity index (χ1v) is 9.40. The molecule has 0 saturated carbocycles. The van der Waals surface area contributed by atoms with Gasteiger partial charge in [0.15, 0.2) is 6.10 Å².